The van der Waals surface area contributed by atoms with Gasteiger partial charge in [0.1, 0.15) is 0 Å². The zero-order valence-corrected chi connectivity index (χ0v) is 12.4. The Morgan fingerprint density at radius 3 is 2.40 bits per heavy atom. The first kappa shape index (κ1) is 15.0. The van der Waals surface area contributed by atoms with E-state index in [1.54, 1.807) is 0 Å². The number of ether oxygens (including phenoxy) is 1. The maximum Gasteiger partial charge on any atom is 0.226 e. The molecule has 0 aromatic heterocycles. The predicted octanol–water partition coefficient (Wildman–Crippen LogP) is 1.82. The van der Waals surface area contributed by atoms with Crippen molar-refractivity contribution < 1.29 is 9.53 Å². The van der Waals surface area contributed by atoms with Gasteiger partial charge in [0.05, 0.1) is 18.1 Å². The van der Waals surface area contributed by atoms with Crippen LogP contribution in [0.15, 0.2) is 24.3 Å². The summed E-state index contributed by atoms with van der Waals surface area (Å²) in [5.74, 6) is 0.242. The van der Waals surface area contributed by atoms with Crippen LogP contribution in [0.25, 0.3) is 0 Å². The second-order valence-electron chi connectivity index (χ2n) is 5.62. The number of nitrogens with two attached hydrogens (primary N) is 1. The molecule has 1 saturated heterocycles. The van der Waals surface area contributed by atoms with Crippen LogP contribution in [0.4, 0.5) is 0 Å². The number of rotatable bonds is 4. The Hall–Kier alpha value is -1.39. The van der Waals surface area contributed by atoms with Crippen LogP contribution in [0.5, 0.6) is 0 Å². The Kier molecular flexibility index (Phi) is 4.78. The van der Waals surface area contributed by atoms with E-state index in [1.807, 2.05) is 38.1 Å². The standard InChI is InChI=1S/C16H24N2O2/c1-10-11(2)20-12(3)15(10)16(19)18-9-14-7-5-4-6-13(14)8-17/h4-7,10-12,15H,8-9,17H2,1-3H3,(H,18,19). The molecule has 4 unspecified atom stereocenters. The van der Waals surface area contributed by atoms with Gasteiger partial charge in [-0.3, -0.25) is 4.79 Å². The average Bonchev–Trinajstić information content (AvgIpc) is 2.70. The van der Waals surface area contributed by atoms with Gasteiger partial charge in [0.15, 0.2) is 0 Å². The molecule has 1 aliphatic heterocycles. The van der Waals surface area contributed by atoms with E-state index in [0.717, 1.165) is 11.1 Å². The zero-order valence-electron chi connectivity index (χ0n) is 12.4. The number of carbonyl (C=O) groups excluding carboxylic acids is 1. The third-order valence-corrected chi connectivity index (χ3v) is 4.34. The van der Waals surface area contributed by atoms with E-state index >= 15 is 0 Å². The molecule has 4 heteroatoms. The summed E-state index contributed by atoms with van der Waals surface area (Å²) in [6.07, 6.45) is 0.113. The quantitative estimate of drug-likeness (QED) is 0.881. The number of amides is 1. The second-order valence-corrected chi connectivity index (χ2v) is 5.62. The van der Waals surface area contributed by atoms with Gasteiger partial charge in [-0.25, -0.2) is 0 Å². The number of nitrogens with one attached hydrogen (secondary N) is 1. The van der Waals surface area contributed by atoms with Gasteiger partial charge in [0, 0.05) is 13.1 Å². The van der Waals surface area contributed by atoms with E-state index in [2.05, 4.69) is 12.2 Å². The number of benzene rings is 1. The molecule has 1 aromatic carbocycles. The summed E-state index contributed by atoms with van der Waals surface area (Å²) in [6, 6.07) is 7.92. The molecule has 110 valence electrons. The molecule has 0 saturated carbocycles. The first-order chi connectivity index (χ1) is 9.54. The van der Waals surface area contributed by atoms with Crippen LogP contribution < -0.4 is 11.1 Å². The van der Waals surface area contributed by atoms with E-state index < -0.39 is 0 Å². The molecular weight excluding hydrogens is 252 g/mol. The third-order valence-electron chi connectivity index (χ3n) is 4.34. The molecule has 2 rings (SSSR count). The minimum Gasteiger partial charge on any atom is -0.374 e. The lowest BCUT2D eigenvalue weighted by molar-refractivity contribution is -0.127. The van der Waals surface area contributed by atoms with Crippen LogP contribution in [0.2, 0.25) is 0 Å². The number of carbonyl (C=O) groups is 1. The first-order valence-corrected chi connectivity index (χ1v) is 7.24. The Morgan fingerprint density at radius 1 is 1.20 bits per heavy atom. The third kappa shape index (κ3) is 3.02. The lowest BCUT2D eigenvalue weighted by atomic mass is 9.89. The maximum absolute atomic E-state index is 12.4. The Labute approximate surface area is 120 Å². The summed E-state index contributed by atoms with van der Waals surface area (Å²) >= 11 is 0. The fraction of sp³-hybridized carbons (Fsp3) is 0.562. The van der Waals surface area contributed by atoms with Crippen molar-refractivity contribution in [3.63, 3.8) is 0 Å². The van der Waals surface area contributed by atoms with Crippen molar-refractivity contribution in [3.8, 4) is 0 Å². The summed E-state index contributed by atoms with van der Waals surface area (Å²) in [5, 5.41) is 3.02. The molecule has 0 bridgehead atoms. The van der Waals surface area contributed by atoms with Crippen molar-refractivity contribution in [2.75, 3.05) is 0 Å². The topological polar surface area (TPSA) is 64.3 Å². The molecule has 1 aliphatic rings. The van der Waals surface area contributed by atoms with Crippen molar-refractivity contribution in [2.24, 2.45) is 17.6 Å². The van der Waals surface area contributed by atoms with Gasteiger partial charge in [-0.15, -0.1) is 0 Å². The van der Waals surface area contributed by atoms with E-state index in [4.69, 9.17) is 10.5 Å². The lowest BCUT2D eigenvalue weighted by Gasteiger charge is -2.18. The summed E-state index contributed by atoms with van der Waals surface area (Å²) < 4.78 is 5.72. The molecule has 0 spiro atoms. The van der Waals surface area contributed by atoms with Gasteiger partial charge in [0.2, 0.25) is 5.91 Å². The van der Waals surface area contributed by atoms with Crippen LogP contribution in [0, 0.1) is 11.8 Å². The van der Waals surface area contributed by atoms with Crippen LogP contribution in [-0.2, 0) is 22.6 Å². The predicted molar refractivity (Wildman–Crippen MR) is 78.8 cm³/mol. The molecule has 1 heterocycles. The van der Waals surface area contributed by atoms with E-state index in [0.29, 0.717) is 13.1 Å². The van der Waals surface area contributed by atoms with Crippen LogP contribution in [0.3, 0.4) is 0 Å². The van der Waals surface area contributed by atoms with E-state index in [-0.39, 0.29) is 30.0 Å². The van der Waals surface area contributed by atoms with Crippen LogP contribution in [-0.4, -0.2) is 18.1 Å². The fourth-order valence-corrected chi connectivity index (χ4v) is 2.95. The molecule has 3 N–H and O–H groups in total. The fourth-order valence-electron chi connectivity index (χ4n) is 2.95. The Morgan fingerprint density at radius 2 is 1.85 bits per heavy atom. The van der Waals surface area contributed by atoms with Crippen molar-refractivity contribution in [2.45, 2.75) is 46.1 Å². The molecule has 4 nitrogen and oxygen atoms in total. The van der Waals surface area contributed by atoms with Crippen LogP contribution in [0.1, 0.15) is 31.9 Å². The minimum absolute atomic E-state index is 0.0234. The highest BCUT2D eigenvalue weighted by Gasteiger charge is 2.41. The monoisotopic (exact) mass is 276 g/mol. The average molecular weight is 276 g/mol. The van der Waals surface area contributed by atoms with Gasteiger partial charge in [-0.05, 0) is 30.9 Å². The summed E-state index contributed by atoms with van der Waals surface area (Å²) in [7, 11) is 0. The van der Waals surface area contributed by atoms with Crippen molar-refractivity contribution in [1.82, 2.24) is 5.32 Å². The Bertz CT molecular complexity index is 475. The molecule has 1 fully saturated rings. The molecule has 0 aliphatic carbocycles. The highest BCUT2D eigenvalue weighted by atomic mass is 16.5. The molecule has 1 amide bonds. The molecule has 20 heavy (non-hydrogen) atoms. The van der Waals surface area contributed by atoms with Gasteiger partial charge in [0.25, 0.3) is 0 Å². The van der Waals surface area contributed by atoms with Crippen LogP contribution >= 0.6 is 0 Å². The van der Waals surface area contributed by atoms with Gasteiger partial charge < -0.3 is 15.8 Å². The SMILES string of the molecule is CC1OC(C)C(C(=O)NCc2ccccc2CN)C1C. The number of hydrogen-bond donors (Lipinski definition) is 2. The van der Waals surface area contributed by atoms with E-state index in [9.17, 15) is 4.79 Å². The van der Waals surface area contributed by atoms with Gasteiger partial charge in [-0.2, -0.15) is 0 Å². The maximum atomic E-state index is 12.4. The van der Waals surface area contributed by atoms with Gasteiger partial charge in [-0.1, -0.05) is 31.2 Å². The highest BCUT2D eigenvalue weighted by molar-refractivity contribution is 5.79. The Balaban J connectivity index is 1.99. The van der Waals surface area contributed by atoms with Crippen molar-refractivity contribution >= 4 is 5.91 Å². The lowest BCUT2D eigenvalue weighted by Crippen LogP contribution is -2.37. The van der Waals surface area contributed by atoms with Crippen molar-refractivity contribution in [1.29, 1.82) is 0 Å². The van der Waals surface area contributed by atoms with Gasteiger partial charge >= 0.3 is 0 Å². The summed E-state index contributed by atoms with van der Waals surface area (Å²) in [4.78, 5) is 12.4. The molecular formula is C16H24N2O2. The van der Waals surface area contributed by atoms with E-state index in [1.165, 1.54) is 0 Å². The summed E-state index contributed by atoms with van der Waals surface area (Å²) in [6.45, 7) is 7.08. The number of hydrogen-bond acceptors (Lipinski definition) is 3. The van der Waals surface area contributed by atoms with Crippen molar-refractivity contribution in [3.05, 3.63) is 35.4 Å². The molecule has 0 radical (unpaired) electrons. The second kappa shape index (κ2) is 6.37. The highest BCUT2D eigenvalue weighted by Crippen LogP contribution is 2.32. The molecule has 1 aromatic rings. The molecule has 4 atom stereocenters. The first-order valence-electron chi connectivity index (χ1n) is 7.24. The zero-order chi connectivity index (χ0) is 14.7. The summed E-state index contributed by atoms with van der Waals surface area (Å²) in [5.41, 5.74) is 7.86. The smallest absolute Gasteiger partial charge is 0.226 e. The normalized spacial score (nSPS) is 29.4. The largest absolute Gasteiger partial charge is 0.374 e. The minimum atomic E-state index is -0.0740.